The highest BCUT2D eigenvalue weighted by atomic mass is 32.2. The lowest BCUT2D eigenvalue weighted by Gasteiger charge is -2.12. The van der Waals surface area contributed by atoms with Crippen molar-refractivity contribution < 1.29 is 5.11 Å². The first-order valence-corrected chi connectivity index (χ1v) is 5.49. The Labute approximate surface area is 82.4 Å². The van der Waals surface area contributed by atoms with Crippen molar-refractivity contribution in [3.8, 4) is 0 Å². The van der Waals surface area contributed by atoms with Crippen LogP contribution in [0.5, 0.6) is 0 Å². The van der Waals surface area contributed by atoms with Crippen LogP contribution in [0.15, 0.2) is 29.4 Å². The molecule has 1 aromatic rings. The van der Waals surface area contributed by atoms with E-state index in [4.69, 9.17) is 0 Å². The highest BCUT2D eigenvalue weighted by molar-refractivity contribution is 8.00. The van der Waals surface area contributed by atoms with E-state index in [0.717, 1.165) is 19.3 Å². The fourth-order valence-electron chi connectivity index (χ4n) is 1.64. The molecule has 0 spiro atoms. The number of aliphatic hydroxyl groups excluding tert-OH is 1. The van der Waals surface area contributed by atoms with Crippen molar-refractivity contribution in [2.45, 2.75) is 35.5 Å². The first-order valence-electron chi connectivity index (χ1n) is 4.61. The topological polar surface area (TPSA) is 33.1 Å². The Morgan fingerprint density at radius 3 is 2.69 bits per heavy atom. The standard InChI is InChI=1S/C10H13NOS/c12-9-2-1-3-10(9)13-8-4-6-11-7-5-8/h4-7,9-10,12H,1-3H2/t9-,10-/m0/s1. The largest absolute Gasteiger partial charge is 0.392 e. The molecule has 2 rings (SSSR count). The number of aliphatic hydroxyl groups is 1. The number of nitrogens with zero attached hydrogens (tertiary/aromatic N) is 1. The Kier molecular flexibility index (Phi) is 2.86. The number of rotatable bonds is 2. The van der Waals surface area contributed by atoms with Gasteiger partial charge < -0.3 is 5.11 Å². The number of hydrogen-bond donors (Lipinski definition) is 1. The lowest BCUT2D eigenvalue weighted by atomic mass is 10.3. The molecule has 0 saturated heterocycles. The van der Waals surface area contributed by atoms with Gasteiger partial charge in [0.15, 0.2) is 0 Å². The van der Waals surface area contributed by atoms with E-state index in [-0.39, 0.29) is 6.10 Å². The molecule has 0 aromatic carbocycles. The van der Waals surface area contributed by atoms with Crippen LogP contribution in [0.4, 0.5) is 0 Å². The van der Waals surface area contributed by atoms with Gasteiger partial charge in [-0.05, 0) is 31.4 Å². The van der Waals surface area contributed by atoms with Crippen molar-refractivity contribution in [2.75, 3.05) is 0 Å². The summed E-state index contributed by atoms with van der Waals surface area (Å²) in [6.07, 6.45) is 6.73. The predicted octanol–water partition coefficient (Wildman–Crippen LogP) is 2.09. The van der Waals surface area contributed by atoms with Crippen molar-refractivity contribution >= 4 is 11.8 Å². The van der Waals surface area contributed by atoms with Crippen molar-refractivity contribution in [3.63, 3.8) is 0 Å². The third-order valence-electron chi connectivity index (χ3n) is 2.35. The van der Waals surface area contributed by atoms with Crippen molar-refractivity contribution in [2.24, 2.45) is 0 Å². The molecule has 70 valence electrons. The summed E-state index contributed by atoms with van der Waals surface area (Å²) >= 11 is 1.77. The Hall–Kier alpha value is -0.540. The van der Waals surface area contributed by atoms with Crippen LogP contribution in [-0.2, 0) is 0 Å². The molecular weight excluding hydrogens is 182 g/mol. The highest BCUT2D eigenvalue weighted by Crippen LogP contribution is 2.34. The minimum Gasteiger partial charge on any atom is -0.392 e. The number of hydrogen-bond acceptors (Lipinski definition) is 3. The maximum Gasteiger partial charge on any atom is 0.0662 e. The average Bonchev–Trinajstić information content (AvgIpc) is 2.54. The second-order valence-corrected chi connectivity index (χ2v) is 4.65. The van der Waals surface area contributed by atoms with Crippen LogP contribution >= 0.6 is 11.8 Å². The van der Waals surface area contributed by atoms with Gasteiger partial charge in [0.05, 0.1) is 6.10 Å². The van der Waals surface area contributed by atoms with Gasteiger partial charge in [0.2, 0.25) is 0 Å². The number of pyridine rings is 1. The third kappa shape index (κ3) is 2.23. The van der Waals surface area contributed by atoms with Gasteiger partial charge in [-0.25, -0.2) is 0 Å². The highest BCUT2D eigenvalue weighted by Gasteiger charge is 2.25. The van der Waals surface area contributed by atoms with E-state index in [0.29, 0.717) is 5.25 Å². The lowest BCUT2D eigenvalue weighted by molar-refractivity contribution is 0.188. The Morgan fingerprint density at radius 1 is 1.31 bits per heavy atom. The van der Waals surface area contributed by atoms with E-state index >= 15 is 0 Å². The van der Waals surface area contributed by atoms with Gasteiger partial charge in [0.25, 0.3) is 0 Å². The van der Waals surface area contributed by atoms with E-state index in [1.165, 1.54) is 4.90 Å². The van der Waals surface area contributed by atoms with Crippen LogP contribution in [0.1, 0.15) is 19.3 Å². The zero-order chi connectivity index (χ0) is 9.10. The van der Waals surface area contributed by atoms with Gasteiger partial charge >= 0.3 is 0 Å². The summed E-state index contributed by atoms with van der Waals surface area (Å²) in [4.78, 5) is 5.17. The first-order chi connectivity index (χ1) is 6.36. The molecule has 0 amide bonds. The summed E-state index contributed by atoms with van der Waals surface area (Å²) in [6.45, 7) is 0. The molecule has 1 saturated carbocycles. The number of thioether (sulfide) groups is 1. The number of aromatic nitrogens is 1. The van der Waals surface area contributed by atoms with Crippen LogP contribution in [0.2, 0.25) is 0 Å². The summed E-state index contributed by atoms with van der Waals surface area (Å²) in [5, 5.41) is 10.0. The summed E-state index contributed by atoms with van der Waals surface area (Å²) in [5.74, 6) is 0. The van der Waals surface area contributed by atoms with Gasteiger partial charge in [-0.2, -0.15) is 0 Å². The Balaban J connectivity index is 1.98. The average molecular weight is 195 g/mol. The molecule has 1 aliphatic carbocycles. The summed E-state index contributed by atoms with van der Waals surface area (Å²) in [7, 11) is 0. The molecule has 0 bridgehead atoms. The summed E-state index contributed by atoms with van der Waals surface area (Å²) in [5.41, 5.74) is 0. The van der Waals surface area contributed by atoms with Crippen molar-refractivity contribution in [3.05, 3.63) is 24.5 Å². The van der Waals surface area contributed by atoms with E-state index < -0.39 is 0 Å². The monoisotopic (exact) mass is 195 g/mol. The smallest absolute Gasteiger partial charge is 0.0662 e. The maximum absolute atomic E-state index is 9.61. The van der Waals surface area contributed by atoms with Gasteiger partial charge in [0.1, 0.15) is 0 Å². The fourth-order valence-corrected chi connectivity index (χ4v) is 2.84. The molecule has 0 aliphatic heterocycles. The lowest BCUT2D eigenvalue weighted by Crippen LogP contribution is -2.14. The molecule has 2 nitrogen and oxygen atoms in total. The third-order valence-corrected chi connectivity index (χ3v) is 3.75. The fraction of sp³-hybridized carbons (Fsp3) is 0.500. The zero-order valence-corrected chi connectivity index (χ0v) is 8.20. The van der Waals surface area contributed by atoms with Crippen LogP contribution in [0.25, 0.3) is 0 Å². The molecule has 2 atom stereocenters. The van der Waals surface area contributed by atoms with Gasteiger partial charge in [-0.1, -0.05) is 0 Å². The van der Waals surface area contributed by atoms with E-state index in [1.807, 2.05) is 12.1 Å². The quantitative estimate of drug-likeness (QED) is 0.784. The van der Waals surface area contributed by atoms with Crippen LogP contribution in [0, 0.1) is 0 Å². The van der Waals surface area contributed by atoms with Gasteiger partial charge in [-0.15, -0.1) is 11.8 Å². The molecule has 13 heavy (non-hydrogen) atoms. The van der Waals surface area contributed by atoms with Crippen molar-refractivity contribution in [1.82, 2.24) is 4.98 Å². The van der Waals surface area contributed by atoms with E-state index in [2.05, 4.69) is 4.98 Å². The molecular formula is C10H13NOS. The first kappa shape index (κ1) is 9.03. The van der Waals surface area contributed by atoms with Gasteiger partial charge in [0, 0.05) is 22.5 Å². The minimum absolute atomic E-state index is 0.113. The second-order valence-electron chi connectivity index (χ2n) is 3.34. The SMILES string of the molecule is O[C@H]1CCC[C@@H]1Sc1ccncc1. The normalized spacial score (nSPS) is 27.8. The van der Waals surface area contributed by atoms with E-state index in [9.17, 15) is 5.11 Å². The van der Waals surface area contributed by atoms with Gasteiger partial charge in [-0.3, -0.25) is 4.98 Å². The molecule has 1 aromatic heterocycles. The molecule has 1 N–H and O–H groups in total. The molecule has 1 aliphatic rings. The van der Waals surface area contributed by atoms with E-state index in [1.54, 1.807) is 24.2 Å². The van der Waals surface area contributed by atoms with Crippen LogP contribution in [0.3, 0.4) is 0 Å². The Morgan fingerprint density at radius 2 is 2.08 bits per heavy atom. The molecule has 0 unspecified atom stereocenters. The molecule has 1 fully saturated rings. The summed E-state index contributed by atoms with van der Waals surface area (Å²) in [6, 6.07) is 3.99. The minimum atomic E-state index is -0.113. The molecule has 0 radical (unpaired) electrons. The van der Waals surface area contributed by atoms with Crippen molar-refractivity contribution in [1.29, 1.82) is 0 Å². The van der Waals surface area contributed by atoms with Crippen LogP contribution < -0.4 is 0 Å². The summed E-state index contributed by atoms with van der Waals surface area (Å²) < 4.78 is 0. The molecule has 1 heterocycles. The Bertz CT molecular complexity index is 265. The van der Waals surface area contributed by atoms with Crippen LogP contribution in [-0.4, -0.2) is 21.4 Å². The molecule has 3 heteroatoms. The maximum atomic E-state index is 9.61. The second kappa shape index (κ2) is 4.11. The zero-order valence-electron chi connectivity index (χ0n) is 7.39. The predicted molar refractivity (Wildman–Crippen MR) is 53.7 cm³/mol.